The first-order valence-corrected chi connectivity index (χ1v) is 10.6. The molecule has 1 aliphatic carbocycles. The predicted molar refractivity (Wildman–Crippen MR) is 124 cm³/mol. The minimum absolute atomic E-state index is 0.462. The fourth-order valence-electron chi connectivity index (χ4n) is 3.78. The smallest absolute Gasteiger partial charge is 0.169 e. The number of benzene rings is 1. The Morgan fingerprint density at radius 3 is 2.67 bits per heavy atom. The van der Waals surface area contributed by atoms with Gasteiger partial charge in [0.05, 0.1) is 22.8 Å². The third-order valence-corrected chi connectivity index (χ3v) is 5.48. The summed E-state index contributed by atoms with van der Waals surface area (Å²) in [6.45, 7) is 1.92. The summed E-state index contributed by atoms with van der Waals surface area (Å²) in [4.78, 5) is 13.4. The van der Waals surface area contributed by atoms with E-state index in [4.69, 9.17) is 5.26 Å². The predicted octanol–water partition coefficient (Wildman–Crippen LogP) is 3.89. The lowest BCUT2D eigenvalue weighted by Gasteiger charge is -2.17. The number of nitriles is 1. The van der Waals surface area contributed by atoms with Gasteiger partial charge in [0.15, 0.2) is 12.0 Å². The second-order valence-corrected chi connectivity index (χ2v) is 7.81. The highest BCUT2D eigenvalue weighted by atomic mass is 16.3. The van der Waals surface area contributed by atoms with E-state index in [0.717, 1.165) is 39.3 Å². The summed E-state index contributed by atoms with van der Waals surface area (Å²) >= 11 is 0. The van der Waals surface area contributed by atoms with Crippen LogP contribution in [0.3, 0.4) is 0 Å². The summed E-state index contributed by atoms with van der Waals surface area (Å²) in [5.41, 5.74) is 6.15. The van der Waals surface area contributed by atoms with E-state index in [1.165, 1.54) is 0 Å². The topological polar surface area (TPSA) is 113 Å². The second kappa shape index (κ2) is 8.65. The monoisotopic (exact) mass is 435 g/mol. The van der Waals surface area contributed by atoms with Crippen LogP contribution in [0, 0.1) is 18.3 Å². The van der Waals surface area contributed by atoms with Crippen LogP contribution in [-0.4, -0.2) is 29.8 Å². The van der Waals surface area contributed by atoms with Gasteiger partial charge in [-0.25, -0.2) is 9.67 Å². The van der Waals surface area contributed by atoms with Crippen molar-refractivity contribution in [1.29, 1.82) is 5.26 Å². The molecule has 1 aromatic carbocycles. The van der Waals surface area contributed by atoms with Gasteiger partial charge in [-0.3, -0.25) is 9.97 Å². The van der Waals surface area contributed by atoms with Crippen molar-refractivity contribution >= 4 is 11.0 Å². The SMILES string of the molecule is Cc1cccc(-n2nc(C(O)NC3=CC=C(C#N)CC3)cc2-c2ccc3nccnc3c2)n1. The zero-order chi connectivity index (χ0) is 22.8. The van der Waals surface area contributed by atoms with Gasteiger partial charge < -0.3 is 10.4 Å². The molecular formula is C25H21N7O. The summed E-state index contributed by atoms with van der Waals surface area (Å²) in [7, 11) is 0. The van der Waals surface area contributed by atoms with Crippen LogP contribution in [-0.2, 0) is 0 Å². The molecule has 0 saturated carbocycles. The molecule has 1 aliphatic rings. The van der Waals surface area contributed by atoms with Crippen molar-refractivity contribution < 1.29 is 5.11 Å². The molecule has 0 fully saturated rings. The van der Waals surface area contributed by atoms with Gasteiger partial charge in [-0.2, -0.15) is 10.4 Å². The average molecular weight is 435 g/mol. The Bertz CT molecular complexity index is 1440. The van der Waals surface area contributed by atoms with Crippen LogP contribution >= 0.6 is 0 Å². The largest absolute Gasteiger partial charge is 0.368 e. The average Bonchev–Trinajstić information content (AvgIpc) is 3.30. The Labute approximate surface area is 190 Å². The van der Waals surface area contributed by atoms with E-state index in [-0.39, 0.29) is 0 Å². The van der Waals surface area contributed by atoms with Crippen LogP contribution in [0.1, 0.15) is 30.5 Å². The van der Waals surface area contributed by atoms with Crippen LogP contribution in [0.4, 0.5) is 0 Å². The minimum atomic E-state index is -1.02. The van der Waals surface area contributed by atoms with Crippen LogP contribution in [0.2, 0.25) is 0 Å². The van der Waals surface area contributed by atoms with E-state index in [9.17, 15) is 5.11 Å². The van der Waals surface area contributed by atoms with Crippen molar-refractivity contribution in [3.05, 3.63) is 89.7 Å². The van der Waals surface area contributed by atoms with E-state index in [1.807, 2.05) is 55.5 Å². The molecule has 4 aromatic rings. The van der Waals surface area contributed by atoms with E-state index in [1.54, 1.807) is 23.2 Å². The fraction of sp³-hybridized carbons (Fsp3) is 0.160. The lowest BCUT2D eigenvalue weighted by Crippen LogP contribution is -2.22. The maximum Gasteiger partial charge on any atom is 0.169 e. The van der Waals surface area contributed by atoms with Gasteiger partial charge in [-0.1, -0.05) is 12.1 Å². The molecule has 2 N–H and O–H groups in total. The van der Waals surface area contributed by atoms with Crippen LogP contribution in [0.15, 0.2) is 78.3 Å². The Balaban J connectivity index is 1.55. The van der Waals surface area contributed by atoms with Gasteiger partial charge in [0.2, 0.25) is 0 Å². The number of rotatable bonds is 5. The standard InChI is InChI=1S/C25H21N7O/c1-16-3-2-4-24(29-16)32-23(18-7-10-20-21(13-18)28-12-11-27-20)14-22(31-32)25(33)30-19-8-5-17(15-26)6-9-19/h2-5,7-8,10-14,25,30,33H,6,9H2,1H3. The van der Waals surface area contributed by atoms with E-state index >= 15 is 0 Å². The molecule has 1 unspecified atom stereocenters. The van der Waals surface area contributed by atoms with Crippen LogP contribution < -0.4 is 5.32 Å². The summed E-state index contributed by atoms with van der Waals surface area (Å²) in [5.74, 6) is 0.654. The summed E-state index contributed by atoms with van der Waals surface area (Å²) in [5, 5.41) is 27.7. The van der Waals surface area contributed by atoms with Gasteiger partial charge in [0, 0.05) is 34.9 Å². The summed E-state index contributed by atoms with van der Waals surface area (Å²) < 4.78 is 1.73. The van der Waals surface area contributed by atoms with Gasteiger partial charge in [-0.15, -0.1) is 0 Å². The molecule has 3 heterocycles. The maximum atomic E-state index is 10.9. The van der Waals surface area contributed by atoms with Crippen molar-refractivity contribution in [3.8, 4) is 23.1 Å². The third kappa shape index (κ3) is 4.22. The third-order valence-electron chi connectivity index (χ3n) is 5.48. The molecule has 0 saturated heterocycles. The van der Waals surface area contributed by atoms with Crippen molar-refractivity contribution in [3.63, 3.8) is 0 Å². The quantitative estimate of drug-likeness (QED) is 0.457. The molecule has 3 aromatic heterocycles. The van der Waals surface area contributed by atoms with Crippen molar-refractivity contribution in [1.82, 2.24) is 30.0 Å². The highest BCUT2D eigenvalue weighted by molar-refractivity contribution is 5.80. The molecule has 0 bridgehead atoms. The first kappa shape index (κ1) is 20.5. The van der Waals surface area contributed by atoms with E-state index in [0.29, 0.717) is 24.4 Å². The Morgan fingerprint density at radius 1 is 1.06 bits per heavy atom. The molecular weight excluding hydrogens is 414 g/mol. The normalized spacial score (nSPS) is 14.3. The molecule has 5 rings (SSSR count). The molecule has 162 valence electrons. The number of aliphatic hydroxyl groups is 1. The number of hydrogen-bond donors (Lipinski definition) is 2. The number of hydrogen-bond acceptors (Lipinski definition) is 7. The van der Waals surface area contributed by atoms with Gasteiger partial charge in [0.1, 0.15) is 5.69 Å². The van der Waals surface area contributed by atoms with Gasteiger partial charge in [-0.05, 0) is 62.2 Å². The number of fused-ring (bicyclic) bond motifs is 1. The molecule has 8 nitrogen and oxygen atoms in total. The number of aliphatic hydroxyl groups excluding tert-OH is 1. The summed E-state index contributed by atoms with van der Waals surface area (Å²) in [6.07, 6.45) is 7.22. The van der Waals surface area contributed by atoms with Gasteiger partial charge in [0.25, 0.3) is 0 Å². The number of pyridine rings is 1. The number of nitrogens with one attached hydrogen (secondary N) is 1. The fourth-order valence-corrected chi connectivity index (χ4v) is 3.78. The Morgan fingerprint density at radius 2 is 1.91 bits per heavy atom. The molecule has 0 radical (unpaired) electrons. The Hall–Kier alpha value is -4.35. The minimum Gasteiger partial charge on any atom is -0.368 e. The highest BCUT2D eigenvalue weighted by Crippen LogP contribution is 2.28. The number of aromatic nitrogens is 5. The molecule has 1 atom stereocenters. The number of allylic oxidation sites excluding steroid dienone is 4. The van der Waals surface area contributed by atoms with Crippen molar-refractivity contribution in [2.24, 2.45) is 0 Å². The first-order chi connectivity index (χ1) is 16.1. The van der Waals surface area contributed by atoms with Crippen molar-refractivity contribution in [2.45, 2.75) is 26.0 Å². The zero-order valence-electron chi connectivity index (χ0n) is 18.0. The molecule has 0 amide bonds. The van der Waals surface area contributed by atoms with Crippen LogP contribution in [0.25, 0.3) is 28.1 Å². The van der Waals surface area contributed by atoms with Gasteiger partial charge >= 0.3 is 0 Å². The first-order valence-electron chi connectivity index (χ1n) is 10.6. The molecule has 8 heteroatoms. The Kier molecular flexibility index (Phi) is 5.39. The van der Waals surface area contributed by atoms with E-state index < -0.39 is 6.23 Å². The highest BCUT2D eigenvalue weighted by Gasteiger charge is 2.19. The lowest BCUT2D eigenvalue weighted by atomic mass is 10.0. The molecule has 33 heavy (non-hydrogen) atoms. The number of nitrogens with zero attached hydrogens (tertiary/aromatic N) is 6. The lowest BCUT2D eigenvalue weighted by molar-refractivity contribution is 0.145. The zero-order valence-corrected chi connectivity index (χ0v) is 18.0. The number of aryl methyl sites for hydroxylation is 1. The van der Waals surface area contributed by atoms with Crippen molar-refractivity contribution in [2.75, 3.05) is 0 Å². The second-order valence-electron chi connectivity index (χ2n) is 7.81. The van der Waals surface area contributed by atoms with Crippen LogP contribution in [0.5, 0.6) is 0 Å². The molecule has 0 spiro atoms. The summed E-state index contributed by atoms with van der Waals surface area (Å²) in [6, 6.07) is 15.6. The molecule has 0 aliphatic heterocycles. The maximum absolute atomic E-state index is 10.9. The van der Waals surface area contributed by atoms with E-state index in [2.05, 4.69) is 31.4 Å².